The minimum absolute atomic E-state index is 0.0249. The molecule has 0 spiro atoms. The average Bonchev–Trinajstić information content (AvgIpc) is 2.86. The zero-order valence-corrected chi connectivity index (χ0v) is 11.0. The van der Waals surface area contributed by atoms with Gasteiger partial charge in [0.25, 0.3) is 0 Å². The van der Waals surface area contributed by atoms with E-state index in [1.165, 1.54) is 0 Å². The molecular weight excluding hydrogens is 258 g/mol. The second kappa shape index (κ2) is 4.96. The first-order valence-corrected chi connectivity index (χ1v) is 6.64. The summed E-state index contributed by atoms with van der Waals surface area (Å²) in [6, 6.07) is 5.73. The number of nitrogens with two attached hydrogens (primary N) is 1. The second-order valence-electron chi connectivity index (χ2n) is 5.09. The molecule has 6 heteroatoms. The average molecular weight is 275 g/mol. The monoisotopic (exact) mass is 275 g/mol. The quantitative estimate of drug-likeness (QED) is 0.731. The van der Waals surface area contributed by atoms with Crippen molar-refractivity contribution in [1.29, 1.82) is 0 Å². The van der Waals surface area contributed by atoms with Crippen LogP contribution in [-0.4, -0.2) is 30.3 Å². The van der Waals surface area contributed by atoms with Crippen LogP contribution in [0.25, 0.3) is 11.0 Å². The van der Waals surface area contributed by atoms with Crippen molar-refractivity contribution >= 4 is 28.4 Å². The number of hydrogen-bond donors (Lipinski definition) is 3. The van der Waals surface area contributed by atoms with Gasteiger partial charge in [-0.25, -0.2) is 4.79 Å². The van der Waals surface area contributed by atoms with E-state index in [0.29, 0.717) is 5.69 Å². The third kappa shape index (κ3) is 2.36. The number of anilines is 2. The van der Waals surface area contributed by atoms with Gasteiger partial charge in [-0.15, -0.1) is 0 Å². The number of fused-ring (bicyclic) bond motifs is 1. The van der Waals surface area contributed by atoms with Crippen molar-refractivity contribution in [2.24, 2.45) is 0 Å². The highest BCUT2D eigenvalue weighted by Crippen LogP contribution is 2.32. The second-order valence-corrected chi connectivity index (χ2v) is 5.09. The van der Waals surface area contributed by atoms with E-state index in [1.807, 2.05) is 18.2 Å². The van der Waals surface area contributed by atoms with Crippen LogP contribution in [0, 0.1) is 0 Å². The van der Waals surface area contributed by atoms with Crippen LogP contribution in [0.3, 0.4) is 0 Å². The number of carboxylic acid groups (broad SMARTS) is 1. The molecule has 0 radical (unpaired) electrons. The topological polar surface area (TPSA) is 91.7 Å². The fraction of sp³-hybridized carbons (Fsp3) is 0.357. The highest BCUT2D eigenvalue weighted by molar-refractivity contribution is 5.92. The van der Waals surface area contributed by atoms with Gasteiger partial charge in [0.2, 0.25) is 0 Å². The smallest absolute Gasteiger partial charge is 0.404 e. The summed E-state index contributed by atoms with van der Waals surface area (Å²) in [7, 11) is 0. The molecule has 3 rings (SSSR count). The van der Waals surface area contributed by atoms with Crippen molar-refractivity contribution in [3.63, 3.8) is 0 Å². The lowest BCUT2D eigenvalue weighted by Gasteiger charge is -2.33. The van der Waals surface area contributed by atoms with Gasteiger partial charge in [0.15, 0.2) is 5.58 Å². The van der Waals surface area contributed by atoms with Crippen molar-refractivity contribution in [2.75, 3.05) is 23.7 Å². The Labute approximate surface area is 116 Å². The number of rotatable bonds is 2. The highest BCUT2D eigenvalue weighted by Gasteiger charge is 2.22. The molecule has 1 fully saturated rings. The molecule has 1 amide bonds. The number of nitrogen functional groups attached to an aromatic ring is 1. The molecule has 1 aromatic carbocycles. The molecule has 1 saturated heterocycles. The summed E-state index contributed by atoms with van der Waals surface area (Å²) in [5.74, 6) is 0. The Morgan fingerprint density at radius 3 is 2.85 bits per heavy atom. The van der Waals surface area contributed by atoms with Crippen molar-refractivity contribution in [2.45, 2.75) is 18.9 Å². The van der Waals surface area contributed by atoms with Crippen LogP contribution in [0.4, 0.5) is 16.2 Å². The van der Waals surface area contributed by atoms with Crippen LogP contribution in [0.2, 0.25) is 0 Å². The Morgan fingerprint density at radius 2 is 2.15 bits per heavy atom. The van der Waals surface area contributed by atoms with Gasteiger partial charge < -0.3 is 25.5 Å². The van der Waals surface area contributed by atoms with E-state index in [-0.39, 0.29) is 6.04 Å². The molecule has 1 aromatic heterocycles. The normalized spacial score (nSPS) is 16.5. The van der Waals surface area contributed by atoms with Crippen molar-refractivity contribution in [1.82, 2.24) is 5.32 Å². The van der Waals surface area contributed by atoms with Gasteiger partial charge >= 0.3 is 6.09 Å². The van der Waals surface area contributed by atoms with E-state index in [1.54, 1.807) is 6.26 Å². The Bertz CT molecular complexity index is 630. The van der Waals surface area contributed by atoms with Crippen LogP contribution < -0.4 is 16.0 Å². The van der Waals surface area contributed by atoms with Gasteiger partial charge in [0.1, 0.15) is 0 Å². The minimum Gasteiger partial charge on any atom is -0.465 e. The number of nitrogens with one attached hydrogen (secondary N) is 1. The molecule has 0 unspecified atom stereocenters. The first-order chi connectivity index (χ1) is 9.63. The number of furan rings is 1. The van der Waals surface area contributed by atoms with Crippen molar-refractivity contribution in [3.8, 4) is 0 Å². The summed E-state index contributed by atoms with van der Waals surface area (Å²) in [6.07, 6.45) is 2.26. The maximum atomic E-state index is 10.6. The molecular formula is C14H17N3O3. The maximum absolute atomic E-state index is 10.6. The fourth-order valence-electron chi connectivity index (χ4n) is 2.76. The predicted octanol–water partition coefficient (Wildman–Crippen LogP) is 2.25. The van der Waals surface area contributed by atoms with Crippen LogP contribution >= 0.6 is 0 Å². The molecule has 2 aromatic rings. The van der Waals surface area contributed by atoms with Gasteiger partial charge in [0, 0.05) is 30.2 Å². The molecule has 6 nitrogen and oxygen atoms in total. The fourth-order valence-corrected chi connectivity index (χ4v) is 2.76. The third-order valence-corrected chi connectivity index (χ3v) is 3.72. The lowest BCUT2D eigenvalue weighted by atomic mass is 10.0. The predicted molar refractivity (Wildman–Crippen MR) is 77.0 cm³/mol. The Hall–Kier alpha value is -2.37. The molecule has 2 heterocycles. The molecule has 20 heavy (non-hydrogen) atoms. The molecule has 106 valence electrons. The number of benzene rings is 1. The van der Waals surface area contributed by atoms with E-state index >= 15 is 0 Å². The molecule has 4 N–H and O–H groups in total. The van der Waals surface area contributed by atoms with Gasteiger partial charge in [-0.2, -0.15) is 0 Å². The summed E-state index contributed by atoms with van der Waals surface area (Å²) >= 11 is 0. The van der Waals surface area contributed by atoms with E-state index in [4.69, 9.17) is 15.3 Å². The first-order valence-electron chi connectivity index (χ1n) is 6.64. The number of hydrogen-bond acceptors (Lipinski definition) is 4. The highest BCUT2D eigenvalue weighted by atomic mass is 16.4. The molecule has 0 atom stereocenters. The van der Waals surface area contributed by atoms with Crippen LogP contribution in [0.5, 0.6) is 0 Å². The van der Waals surface area contributed by atoms with E-state index < -0.39 is 6.09 Å². The minimum atomic E-state index is -0.958. The Morgan fingerprint density at radius 1 is 1.40 bits per heavy atom. The lowest BCUT2D eigenvalue weighted by molar-refractivity contribution is 0.187. The van der Waals surface area contributed by atoms with E-state index in [2.05, 4.69) is 10.2 Å². The molecule has 0 bridgehead atoms. The van der Waals surface area contributed by atoms with Crippen LogP contribution in [-0.2, 0) is 0 Å². The Kier molecular flexibility index (Phi) is 3.14. The van der Waals surface area contributed by atoms with E-state index in [9.17, 15) is 4.79 Å². The van der Waals surface area contributed by atoms with Gasteiger partial charge in [0.05, 0.1) is 12.0 Å². The number of amides is 1. The Balaban J connectivity index is 1.79. The number of carbonyl (C=O) groups is 1. The zero-order valence-electron chi connectivity index (χ0n) is 11.0. The number of nitrogens with zero attached hydrogens (tertiary/aromatic N) is 1. The zero-order chi connectivity index (χ0) is 14.1. The standard InChI is InChI=1S/C14H17N3O3/c15-10-7-9-3-6-20-13(9)12(8-10)17-4-1-11(2-5-17)16-14(18)19/h3,6-8,11,16H,1-2,4-5,15H2,(H,18,19). The van der Waals surface area contributed by atoms with Crippen molar-refractivity contribution in [3.05, 3.63) is 24.5 Å². The van der Waals surface area contributed by atoms with E-state index in [0.717, 1.165) is 42.6 Å². The summed E-state index contributed by atoms with van der Waals surface area (Å²) in [5.41, 5.74) is 8.46. The van der Waals surface area contributed by atoms with Crippen LogP contribution in [0.1, 0.15) is 12.8 Å². The number of piperidine rings is 1. The summed E-state index contributed by atoms with van der Waals surface area (Å²) < 4.78 is 5.54. The van der Waals surface area contributed by atoms with Gasteiger partial charge in [-0.05, 0) is 31.0 Å². The molecule has 0 saturated carbocycles. The summed E-state index contributed by atoms with van der Waals surface area (Å²) in [6.45, 7) is 1.56. The molecule has 1 aliphatic rings. The summed E-state index contributed by atoms with van der Waals surface area (Å²) in [5, 5.41) is 12.3. The molecule has 0 aliphatic carbocycles. The largest absolute Gasteiger partial charge is 0.465 e. The maximum Gasteiger partial charge on any atom is 0.404 e. The third-order valence-electron chi connectivity index (χ3n) is 3.72. The summed E-state index contributed by atoms with van der Waals surface area (Å²) in [4.78, 5) is 12.8. The van der Waals surface area contributed by atoms with Gasteiger partial charge in [-0.3, -0.25) is 0 Å². The SMILES string of the molecule is Nc1cc(N2CCC(NC(=O)O)CC2)c2occc2c1. The van der Waals surface area contributed by atoms with Crippen LogP contribution in [0.15, 0.2) is 28.9 Å². The van der Waals surface area contributed by atoms with Gasteiger partial charge in [-0.1, -0.05) is 0 Å². The first kappa shape index (κ1) is 12.7. The lowest BCUT2D eigenvalue weighted by Crippen LogP contribution is -2.44. The van der Waals surface area contributed by atoms with Crippen molar-refractivity contribution < 1.29 is 14.3 Å². The molecule has 1 aliphatic heterocycles.